The van der Waals surface area contributed by atoms with Gasteiger partial charge in [0.1, 0.15) is 5.75 Å². The van der Waals surface area contributed by atoms with Crippen LogP contribution in [0.5, 0.6) is 5.75 Å². The molecule has 0 unspecified atom stereocenters. The molecule has 0 aromatic carbocycles. The highest BCUT2D eigenvalue weighted by Crippen LogP contribution is 2.25. The summed E-state index contributed by atoms with van der Waals surface area (Å²) in [7, 11) is 3.12. The van der Waals surface area contributed by atoms with E-state index in [1.54, 1.807) is 12.0 Å². The Morgan fingerprint density at radius 3 is 2.68 bits per heavy atom. The van der Waals surface area contributed by atoms with E-state index in [9.17, 15) is 4.79 Å². The van der Waals surface area contributed by atoms with Gasteiger partial charge in [0, 0.05) is 50.0 Å². The van der Waals surface area contributed by atoms with Gasteiger partial charge in [-0.05, 0) is 20.3 Å². The van der Waals surface area contributed by atoms with Gasteiger partial charge in [-0.3, -0.25) is 9.88 Å². The molecule has 122 valence electrons. The van der Waals surface area contributed by atoms with E-state index in [1.807, 2.05) is 20.0 Å². The van der Waals surface area contributed by atoms with Gasteiger partial charge in [0.2, 0.25) is 0 Å². The van der Waals surface area contributed by atoms with Crippen molar-refractivity contribution in [1.82, 2.24) is 14.8 Å². The van der Waals surface area contributed by atoms with Crippen molar-refractivity contribution in [3.63, 3.8) is 0 Å². The monoisotopic (exact) mass is 307 g/mol. The molecule has 1 saturated heterocycles. The van der Waals surface area contributed by atoms with Crippen LogP contribution in [0.4, 0.5) is 4.79 Å². The molecular formula is C16H25N3O3. The molecule has 1 aliphatic heterocycles. The van der Waals surface area contributed by atoms with Gasteiger partial charge >= 0.3 is 6.09 Å². The number of hydrogen-bond acceptors (Lipinski definition) is 5. The third kappa shape index (κ3) is 3.68. The van der Waals surface area contributed by atoms with Crippen molar-refractivity contribution in [3.05, 3.63) is 23.0 Å². The normalized spacial score (nSPS) is 16.3. The van der Waals surface area contributed by atoms with Gasteiger partial charge in [0.05, 0.1) is 19.9 Å². The first-order chi connectivity index (χ1) is 10.6. The van der Waals surface area contributed by atoms with Crippen LogP contribution in [0.1, 0.15) is 23.2 Å². The van der Waals surface area contributed by atoms with Crippen LogP contribution in [0.3, 0.4) is 0 Å². The fourth-order valence-corrected chi connectivity index (χ4v) is 2.88. The molecule has 0 N–H and O–H groups in total. The number of carbonyl (C=O) groups is 1. The number of pyridine rings is 1. The molecule has 0 radical (unpaired) electrons. The van der Waals surface area contributed by atoms with Crippen molar-refractivity contribution >= 4 is 6.09 Å². The van der Waals surface area contributed by atoms with E-state index in [-0.39, 0.29) is 6.09 Å². The lowest BCUT2D eigenvalue weighted by molar-refractivity contribution is 0.124. The van der Waals surface area contributed by atoms with E-state index < -0.39 is 0 Å². The molecule has 2 heterocycles. The highest BCUT2D eigenvalue weighted by Gasteiger charge is 2.20. The molecule has 1 aromatic rings. The standard InChI is InChI=1S/C16H25N3O3/c1-12-10-17-14(13(2)15(12)21-3)11-18-6-5-7-19(9-8-18)16(20)22-4/h10H,5-9,11H2,1-4H3. The summed E-state index contributed by atoms with van der Waals surface area (Å²) in [5, 5.41) is 0. The van der Waals surface area contributed by atoms with E-state index in [1.165, 1.54) is 7.11 Å². The first kappa shape index (κ1) is 16.5. The number of ether oxygens (including phenoxy) is 2. The SMILES string of the molecule is COC(=O)N1CCCN(Cc2ncc(C)c(OC)c2C)CC1. The highest BCUT2D eigenvalue weighted by atomic mass is 16.5. The van der Waals surface area contributed by atoms with Crippen molar-refractivity contribution in [3.8, 4) is 5.75 Å². The molecule has 2 rings (SSSR count). The molecule has 6 heteroatoms. The van der Waals surface area contributed by atoms with Crippen molar-refractivity contribution in [2.75, 3.05) is 40.4 Å². The Bertz CT molecular complexity index is 534. The molecule has 1 aromatic heterocycles. The summed E-state index contributed by atoms with van der Waals surface area (Å²) in [5.74, 6) is 0.913. The minimum atomic E-state index is -0.242. The molecule has 0 aliphatic carbocycles. The lowest BCUT2D eigenvalue weighted by atomic mass is 10.1. The number of hydrogen-bond donors (Lipinski definition) is 0. The second kappa shape index (κ2) is 7.45. The summed E-state index contributed by atoms with van der Waals surface area (Å²) in [6, 6.07) is 0. The largest absolute Gasteiger partial charge is 0.496 e. The number of rotatable bonds is 3. The Morgan fingerprint density at radius 1 is 1.23 bits per heavy atom. The second-order valence-corrected chi connectivity index (χ2v) is 5.63. The molecular weight excluding hydrogens is 282 g/mol. The molecule has 0 spiro atoms. The molecule has 6 nitrogen and oxygen atoms in total. The number of methoxy groups -OCH3 is 2. The third-order valence-electron chi connectivity index (χ3n) is 4.14. The first-order valence-electron chi connectivity index (χ1n) is 7.61. The summed E-state index contributed by atoms with van der Waals surface area (Å²) in [6.45, 7) is 8.03. The summed E-state index contributed by atoms with van der Waals surface area (Å²) < 4.78 is 10.3. The van der Waals surface area contributed by atoms with Crippen LogP contribution in [0.15, 0.2) is 6.20 Å². The van der Waals surface area contributed by atoms with Gasteiger partial charge < -0.3 is 14.4 Å². The predicted octanol–water partition coefficient (Wildman–Crippen LogP) is 1.98. The third-order valence-corrected chi connectivity index (χ3v) is 4.14. The van der Waals surface area contributed by atoms with Gasteiger partial charge in [-0.1, -0.05) is 0 Å². The average Bonchev–Trinajstić information content (AvgIpc) is 2.75. The fraction of sp³-hybridized carbons (Fsp3) is 0.625. The van der Waals surface area contributed by atoms with Crippen molar-refractivity contribution in [2.45, 2.75) is 26.8 Å². The Morgan fingerprint density at radius 2 is 2.00 bits per heavy atom. The van der Waals surface area contributed by atoms with Crippen LogP contribution in [0.25, 0.3) is 0 Å². The zero-order valence-electron chi connectivity index (χ0n) is 13.9. The second-order valence-electron chi connectivity index (χ2n) is 5.63. The van der Waals surface area contributed by atoms with E-state index in [4.69, 9.17) is 9.47 Å². The minimum absolute atomic E-state index is 0.242. The summed E-state index contributed by atoms with van der Waals surface area (Å²) >= 11 is 0. The van der Waals surface area contributed by atoms with Crippen LogP contribution in [0, 0.1) is 13.8 Å². The highest BCUT2D eigenvalue weighted by molar-refractivity contribution is 5.67. The average molecular weight is 307 g/mol. The number of nitrogens with zero attached hydrogens (tertiary/aromatic N) is 3. The Labute approximate surface area is 132 Å². The van der Waals surface area contributed by atoms with Crippen LogP contribution >= 0.6 is 0 Å². The number of aryl methyl sites for hydroxylation is 1. The summed E-state index contributed by atoms with van der Waals surface area (Å²) in [5.41, 5.74) is 3.18. The Kier molecular flexibility index (Phi) is 5.60. The van der Waals surface area contributed by atoms with E-state index in [0.29, 0.717) is 6.54 Å². The van der Waals surface area contributed by atoms with E-state index in [0.717, 1.165) is 55.2 Å². The predicted molar refractivity (Wildman–Crippen MR) is 84.1 cm³/mol. The first-order valence-corrected chi connectivity index (χ1v) is 7.61. The van der Waals surface area contributed by atoms with Gasteiger partial charge in [0.25, 0.3) is 0 Å². The van der Waals surface area contributed by atoms with Crippen LogP contribution in [-0.4, -0.2) is 61.3 Å². The zero-order valence-corrected chi connectivity index (χ0v) is 13.9. The van der Waals surface area contributed by atoms with Crippen molar-refractivity contribution in [1.29, 1.82) is 0 Å². The quantitative estimate of drug-likeness (QED) is 0.854. The van der Waals surface area contributed by atoms with Gasteiger partial charge in [0.15, 0.2) is 0 Å². The topological polar surface area (TPSA) is 54.9 Å². The lowest BCUT2D eigenvalue weighted by Crippen LogP contribution is -2.35. The Balaban J connectivity index is 2.04. The van der Waals surface area contributed by atoms with E-state index in [2.05, 4.69) is 9.88 Å². The van der Waals surface area contributed by atoms with E-state index >= 15 is 0 Å². The lowest BCUT2D eigenvalue weighted by Gasteiger charge is -2.22. The number of amides is 1. The minimum Gasteiger partial charge on any atom is -0.496 e. The van der Waals surface area contributed by atoms with Crippen LogP contribution in [-0.2, 0) is 11.3 Å². The summed E-state index contributed by atoms with van der Waals surface area (Å²) in [6.07, 6.45) is 2.56. The van der Waals surface area contributed by atoms with Gasteiger partial charge in [-0.25, -0.2) is 4.79 Å². The van der Waals surface area contributed by atoms with Gasteiger partial charge in [-0.2, -0.15) is 0 Å². The maximum Gasteiger partial charge on any atom is 0.409 e. The summed E-state index contributed by atoms with van der Waals surface area (Å²) in [4.78, 5) is 20.3. The Hall–Kier alpha value is -1.82. The molecule has 22 heavy (non-hydrogen) atoms. The molecule has 0 saturated carbocycles. The molecule has 1 fully saturated rings. The van der Waals surface area contributed by atoms with Crippen LogP contribution < -0.4 is 4.74 Å². The van der Waals surface area contributed by atoms with Crippen LogP contribution in [0.2, 0.25) is 0 Å². The van der Waals surface area contributed by atoms with Crippen molar-refractivity contribution in [2.24, 2.45) is 0 Å². The molecule has 1 amide bonds. The van der Waals surface area contributed by atoms with Gasteiger partial charge in [-0.15, -0.1) is 0 Å². The van der Waals surface area contributed by atoms with Crippen molar-refractivity contribution < 1.29 is 14.3 Å². The number of carbonyl (C=O) groups excluding carboxylic acids is 1. The molecule has 0 atom stereocenters. The maximum absolute atomic E-state index is 11.6. The number of aromatic nitrogens is 1. The fourth-order valence-electron chi connectivity index (χ4n) is 2.88. The maximum atomic E-state index is 11.6. The smallest absolute Gasteiger partial charge is 0.409 e. The molecule has 0 bridgehead atoms. The molecule has 1 aliphatic rings. The zero-order chi connectivity index (χ0) is 16.1.